The van der Waals surface area contributed by atoms with Gasteiger partial charge in [0.25, 0.3) is 0 Å². The van der Waals surface area contributed by atoms with Gasteiger partial charge in [-0.05, 0) is 37.6 Å². The lowest BCUT2D eigenvalue weighted by Crippen LogP contribution is -2.40. The third-order valence-corrected chi connectivity index (χ3v) is 5.46. The molecule has 0 saturated carbocycles. The summed E-state index contributed by atoms with van der Waals surface area (Å²) in [5.74, 6) is 1.70. The van der Waals surface area contributed by atoms with Crippen molar-refractivity contribution in [3.63, 3.8) is 0 Å². The highest BCUT2D eigenvalue weighted by Crippen LogP contribution is 2.40. The molecule has 3 saturated heterocycles. The second kappa shape index (κ2) is 6.12. The van der Waals surface area contributed by atoms with Gasteiger partial charge in [-0.25, -0.2) is 0 Å². The van der Waals surface area contributed by atoms with E-state index in [-0.39, 0.29) is 5.92 Å². The van der Waals surface area contributed by atoms with Crippen LogP contribution in [0.5, 0.6) is 0 Å². The summed E-state index contributed by atoms with van der Waals surface area (Å²) in [7, 11) is 0. The SMILES string of the molecule is N#CCC[C@@H](C#N)CN1C[C@@H]2CN3CCCC[C@@H]3[C@@H]2C1. The van der Waals surface area contributed by atoms with Crippen molar-refractivity contribution in [2.75, 3.05) is 32.7 Å². The molecule has 0 spiro atoms. The standard InChI is InChI=1S/C16H24N4/c17-6-3-4-13(8-18)9-19-10-14-11-20-7-2-1-5-16(20)15(14)12-19/h13-16H,1-5,7,9-12H2/t13-,14+,15+,16+/m0/s1. The van der Waals surface area contributed by atoms with Crippen LogP contribution in [-0.2, 0) is 0 Å². The van der Waals surface area contributed by atoms with Crippen molar-refractivity contribution in [2.24, 2.45) is 17.8 Å². The summed E-state index contributed by atoms with van der Waals surface area (Å²) >= 11 is 0. The fourth-order valence-electron chi connectivity index (χ4n) is 4.54. The van der Waals surface area contributed by atoms with Gasteiger partial charge in [0.2, 0.25) is 0 Å². The molecule has 108 valence electrons. The number of nitriles is 2. The summed E-state index contributed by atoms with van der Waals surface area (Å²) in [5, 5.41) is 17.9. The first-order chi connectivity index (χ1) is 9.81. The Hall–Kier alpha value is -1.10. The minimum absolute atomic E-state index is 0.0379. The van der Waals surface area contributed by atoms with Crippen LogP contribution in [0.15, 0.2) is 0 Å². The van der Waals surface area contributed by atoms with Crippen LogP contribution in [0, 0.1) is 40.4 Å². The summed E-state index contributed by atoms with van der Waals surface area (Å²) in [4.78, 5) is 5.21. The van der Waals surface area contributed by atoms with Crippen LogP contribution < -0.4 is 0 Å². The lowest BCUT2D eigenvalue weighted by molar-refractivity contribution is 0.151. The van der Waals surface area contributed by atoms with Gasteiger partial charge in [-0.3, -0.25) is 4.90 Å². The second-order valence-corrected chi connectivity index (χ2v) is 6.72. The van der Waals surface area contributed by atoms with E-state index < -0.39 is 0 Å². The maximum Gasteiger partial charge on any atom is 0.0669 e. The Morgan fingerprint density at radius 3 is 2.85 bits per heavy atom. The third-order valence-electron chi connectivity index (χ3n) is 5.46. The predicted octanol–water partition coefficient (Wildman–Crippen LogP) is 1.85. The lowest BCUT2D eigenvalue weighted by atomic mass is 9.90. The zero-order valence-corrected chi connectivity index (χ0v) is 12.2. The fraction of sp³-hybridized carbons (Fsp3) is 0.875. The number of nitrogens with zero attached hydrogens (tertiary/aromatic N) is 4. The van der Waals surface area contributed by atoms with E-state index in [2.05, 4.69) is 21.9 Å². The molecule has 0 aromatic heterocycles. The largest absolute Gasteiger partial charge is 0.301 e. The molecular formula is C16H24N4. The lowest BCUT2D eigenvalue weighted by Gasteiger charge is -2.33. The maximum atomic E-state index is 9.21. The van der Waals surface area contributed by atoms with E-state index in [1.807, 2.05) is 0 Å². The van der Waals surface area contributed by atoms with E-state index in [0.717, 1.165) is 30.8 Å². The van der Waals surface area contributed by atoms with Crippen LogP contribution in [0.3, 0.4) is 0 Å². The van der Waals surface area contributed by atoms with Gasteiger partial charge in [-0.1, -0.05) is 6.42 Å². The van der Waals surface area contributed by atoms with Gasteiger partial charge in [-0.15, -0.1) is 0 Å². The van der Waals surface area contributed by atoms with Crippen molar-refractivity contribution < 1.29 is 0 Å². The molecule has 0 unspecified atom stereocenters. The molecule has 4 nitrogen and oxygen atoms in total. The first-order valence-electron chi connectivity index (χ1n) is 8.04. The molecule has 3 heterocycles. The second-order valence-electron chi connectivity index (χ2n) is 6.72. The molecule has 0 aromatic carbocycles. The van der Waals surface area contributed by atoms with Crippen molar-refractivity contribution in [1.29, 1.82) is 10.5 Å². The first kappa shape index (κ1) is 13.9. The maximum absolute atomic E-state index is 9.21. The third kappa shape index (κ3) is 2.68. The molecular weight excluding hydrogens is 248 g/mol. The van der Waals surface area contributed by atoms with Gasteiger partial charge >= 0.3 is 0 Å². The minimum atomic E-state index is 0.0379. The Balaban J connectivity index is 1.53. The van der Waals surface area contributed by atoms with E-state index in [9.17, 15) is 5.26 Å². The zero-order valence-electron chi connectivity index (χ0n) is 12.2. The number of hydrogen-bond acceptors (Lipinski definition) is 4. The van der Waals surface area contributed by atoms with Crippen molar-refractivity contribution in [3.05, 3.63) is 0 Å². The quantitative estimate of drug-likeness (QED) is 0.783. The smallest absolute Gasteiger partial charge is 0.0669 e. The highest BCUT2D eigenvalue weighted by Gasteiger charge is 2.47. The molecule has 20 heavy (non-hydrogen) atoms. The predicted molar refractivity (Wildman–Crippen MR) is 76.6 cm³/mol. The van der Waals surface area contributed by atoms with Gasteiger partial charge in [0, 0.05) is 38.6 Å². The Morgan fingerprint density at radius 2 is 2.05 bits per heavy atom. The molecule has 0 aromatic rings. The van der Waals surface area contributed by atoms with Gasteiger partial charge in [0.15, 0.2) is 0 Å². The van der Waals surface area contributed by atoms with Gasteiger partial charge in [0.1, 0.15) is 0 Å². The van der Waals surface area contributed by atoms with Gasteiger partial charge in [-0.2, -0.15) is 10.5 Å². The molecule has 3 fully saturated rings. The number of rotatable bonds is 4. The van der Waals surface area contributed by atoms with Crippen molar-refractivity contribution in [3.8, 4) is 12.1 Å². The van der Waals surface area contributed by atoms with Crippen LogP contribution in [0.2, 0.25) is 0 Å². The topological polar surface area (TPSA) is 54.1 Å². The molecule has 4 atom stereocenters. The van der Waals surface area contributed by atoms with Crippen LogP contribution in [-0.4, -0.2) is 48.6 Å². The van der Waals surface area contributed by atoms with E-state index in [0.29, 0.717) is 6.42 Å². The first-order valence-corrected chi connectivity index (χ1v) is 8.04. The summed E-state index contributed by atoms with van der Waals surface area (Å²) < 4.78 is 0. The molecule has 3 aliphatic rings. The van der Waals surface area contributed by atoms with Crippen molar-refractivity contribution >= 4 is 0 Å². The van der Waals surface area contributed by atoms with Crippen LogP contribution in [0.1, 0.15) is 32.1 Å². The van der Waals surface area contributed by atoms with Crippen molar-refractivity contribution in [1.82, 2.24) is 9.80 Å². The molecule has 0 amide bonds. The monoisotopic (exact) mass is 272 g/mol. The highest BCUT2D eigenvalue weighted by atomic mass is 15.3. The van der Waals surface area contributed by atoms with Crippen molar-refractivity contribution in [2.45, 2.75) is 38.1 Å². The molecule has 0 bridgehead atoms. The molecule has 0 radical (unpaired) electrons. The molecule has 4 heteroatoms. The Morgan fingerprint density at radius 1 is 1.15 bits per heavy atom. The molecule has 3 rings (SSSR count). The van der Waals surface area contributed by atoms with Crippen LogP contribution in [0.4, 0.5) is 0 Å². The van der Waals surface area contributed by atoms with E-state index in [1.165, 1.54) is 45.4 Å². The number of piperidine rings is 1. The molecule has 0 aliphatic carbocycles. The Kier molecular flexibility index (Phi) is 4.24. The normalized spacial score (nSPS) is 35.0. The van der Waals surface area contributed by atoms with E-state index >= 15 is 0 Å². The Labute approximate surface area is 122 Å². The van der Waals surface area contributed by atoms with E-state index in [4.69, 9.17) is 5.26 Å². The number of likely N-dealkylation sites (tertiary alicyclic amines) is 1. The number of hydrogen-bond donors (Lipinski definition) is 0. The highest BCUT2D eigenvalue weighted by molar-refractivity contribution is 5.01. The average Bonchev–Trinajstić information content (AvgIpc) is 3.00. The van der Waals surface area contributed by atoms with Gasteiger partial charge in [0.05, 0.1) is 18.1 Å². The molecule has 3 aliphatic heterocycles. The summed E-state index contributed by atoms with van der Waals surface area (Å²) in [6.45, 7) is 5.80. The van der Waals surface area contributed by atoms with Crippen LogP contribution in [0.25, 0.3) is 0 Å². The fourth-order valence-corrected chi connectivity index (χ4v) is 4.54. The zero-order chi connectivity index (χ0) is 13.9. The van der Waals surface area contributed by atoms with Crippen LogP contribution >= 0.6 is 0 Å². The number of fused-ring (bicyclic) bond motifs is 3. The van der Waals surface area contributed by atoms with Gasteiger partial charge < -0.3 is 4.90 Å². The average molecular weight is 272 g/mol. The Bertz CT molecular complexity index is 421. The summed E-state index contributed by atoms with van der Waals surface area (Å²) in [6, 6.07) is 5.36. The summed E-state index contributed by atoms with van der Waals surface area (Å²) in [5.41, 5.74) is 0. The minimum Gasteiger partial charge on any atom is -0.301 e. The summed E-state index contributed by atoms with van der Waals surface area (Å²) in [6.07, 6.45) is 5.40. The van der Waals surface area contributed by atoms with E-state index in [1.54, 1.807) is 0 Å². The molecule has 0 N–H and O–H groups in total.